The van der Waals surface area contributed by atoms with Crippen LogP contribution in [0, 0.1) is 6.92 Å². The van der Waals surface area contributed by atoms with Crippen LogP contribution in [0.4, 0.5) is 5.69 Å². The molecule has 0 aliphatic heterocycles. The quantitative estimate of drug-likeness (QED) is 0.775. The topological polar surface area (TPSA) is 70.7 Å². The maximum absolute atomic E-state index is 12.2. The summed E-state index contributed by atoms with van der Waals surface area (Å²) in [5, 5.41) is 10.1. The van der Waals surface area contributed by atoms with Crippen LogP contribution in [0.2, 0.25) is 5.02 Å². The zero-order chi connectivity index (χ0) is 15.5. The van der Waals surface area contributed by atoms with Gasteiger partial charge in [-0.15, -0.1) is 0 Å². The van der Waals surface area contributed by atoms with Crippen molar-refractivity contribution in [2.45, 2.75) is 6.92 Å². The van der Waals surface area contributed by atoms with E-state index in [4.69, 9.17) is 11.6 Å². The number of aromatic nitrogens is 3. The first-order valence-corrected chi connectivity index (χ1v) is 7.05. The second kappa shape index (κ2) is 5.99. The summed E-state index contributed by atoms with van der Waals surface area (Å²) in [6, 6.07) is 12.6. The molecule has 0 aliphatic rings. The van der Waals surface area contributed by atoms with Crippen molar-refractivity contribution in [1.29, 1.82) is 0 Å². The summed E-state index contributed by atoms with van der Waals surface area (Å²) in [5.41, 5.74) is 3.25. The van der Waals surface area contributed by atoms with E-state index in [1.807, 2.05) is 31.2 Å². The van der Waals surface area contributed by atoms with Gasteiger partial charge in [-0.25, -0.2) is 0 Å². The Morgan fingerprint density at radius 3 is 2.77 bits per heavy atom. The van der Waals surface area contributed by atoms with Crippen molar-refractivity contribution >= 4 is 23.2 Å². The predicted molar refractivity (Wildman–Crippen MR) is 86.0 cm³/mol. The first-order valence-electron chi connectivity index (χ1n) is 6.68. The highest BCUT2D eigenvalue weighted by Gasteiger charge is 2.13. The van der Waals surface area contributed by atoms with Gasteiger partial charge in [-0.3, -0.25) is 14.9 Å². The van der Waals surface area contributed by atoms with Gasteiger partial charge in [-0.2, -0.15) is 5.10 Å². The lowest BCUT2D eigenvalue weighted by Gasteiger charge is -2.06. The van der Waals surface area contributed by atoms with Gasteiger partial charge >= 0.3 is 0 Å². The number of nitrogens with zero attached hydrogens (tertiary/aromatic N) is 2. The van der Waals surface area contributed by atoms with Crippen LogP contribution in [0.25, 0.3) is 11.4 Å². The Morgan fingerprint density at radius 1 is 1.18 bits per heavy atom. The zero-order valence-corrected chi connectivity index (χ0v) is 12.6. The minimum atomic E-state index is -0.305. The molecule has 0 saturated carbocycles. The average Bonchev–Trinajstić information content (AvgIpc) is 3.01. The molecule has 0 fully saturated rings. The van der Waals surface area contributed by atoms with Gasteiger partial charge in [-0.1, -0.05) is 23.7 Å². The maximum atomic E-state index is 12.2. The zero-order valence-electron chi connectivity index (χ0n) is 11.8. The minimum absolute atomic E-state index is 0.305. The molecule has 2 N–H and O–H groups in total. The highest BCUT2D eigenvalue weighted by atomic mass is 35.5. The molecular weight excluding hydrogens is 300 g/mol. The lowest BCUT2D eigenvalue weighted by atomic mass is 10.2. The highest BCUT2D eigenvalue weighted by molar-refractivity contribution is 6.34. The molecule has 1 amide bonds. The number of halogens is 1. The van der Waals surface area contributed by atoms with Crippen LogP contribution in [0.5, 0.6) is 0 Å². The number of rotatable bonds is 3. The number of benzene rings is 1. The number of pyridine rings is 1. The molecule has 0 atom stereocenters. The summed E-state index contributed by atoms with van der Waals surface area (Å²) in [7, 11) is 0. The van der Waals surface area contributed by atoms with Crippen LogP contribution in [-0.4, -0.2) is 21.1 Å². The molecule has 0 aliphatic carbocycles. The standard InChI is InChI=1S/C16H13ClN4O/c1-10-5-6-12(11(17)8-10)19-16(22)15-9-14(20-21-15)13-4-2-3-7-18-13/h2-9H,1H3,(H,19,22)(H,20,21). The molecular formula is C16H13ClN4O. The number of aromatic amines is 1. The van der Waals surface area contributed by atoms with Gasteiger partial charge < -0.3 is 5.32 Å². The number of hydrogen-bond donors (Lipinski definition) is 2. The monoisotopic (exact) mass is 312 g/mol. The second-order valence-corrected chi connectivity index (χ2v) is 5.23. The van der Waals surface area contributed by atoms with Crippen LogP contribution in [0.1, 0.15) is 16.1 Å². The van der Waals surface area contributed by atoms with Crippen molar-refractivity contribution in [3.8, 4) is 11.4 Å². The molecule has 6 heteroatoms. The van der Waals surface area contributed by atoms with Crippen molar-refractivity contribution in [2.24, 2.45) is 0 Å². The molecule has 0 bridgehead atoms. The molecule has 0 saturated heterocycles. The van der Waals surface area contributed by atoms with Crippen LogP contribution < -0.4 is 5.32 Å². The third-order valence-corrected chi connectivity index (χ3v) is 3.44. The molecule has 0 radical (unpaired) electrons. The minimum Gasteiger partial charge on any atom is -0.319 e. The maximum Gasteiger partial charge on any atom is 0.273 e. The Hall–Kier alpha value is -2.66. The van der Waals surface area contributed by atoms with Crippen molar-refractivity contribution in [3.63, 3.8) is 0 Å². The number of amides is 1. The van der Waals surface area contributed by atoms with Gasteiger partial charge in [0.05, 0.1) is 16.4 Å². The molecule has 3 rings (SSSR count). The van der Waals surface area contributed by atoms with Gasteiger partial charge in [0.25, 0.3) is 5.91 Å². The van der Waals surface area contributed by atoms with E-state index < -0.39 is 0 Å². The lowest BCUT2D eigenvalue weighted by molar-refractivity contribution is 0.102. The number of carbonyl (C=O) groups excluding carboxylic acids is 1. The van der Waals surface area contributed by atoms with Crippen LogP contribution in [-0.2, 0) is 0 Å². The second-order valence-electron chi connectivity index (χ2n) is 4.82. The van der Waals surface area contributed by atoms with Crippen molar-refractivity contribution in [1.82, 2.24) is 15.2 Å². The number of nitrogens with one attached hydrogen (secondary N) is 2. The van der Waals surface area contributed by atoms with Crippen molar-refractivity contribution < 1.29 is 4.79 Å². The van der Waals surface area contributed by atoms with E-state index in [0.717, 1.165) is 5.56 Å². The van der Waals surface area contributed by atoms with Gasteiger partial charge in [0.2, 0.25) is 0 Å². The molecule has 0 unspecified atom stereocenters. The molecule has 110 valence electrons. The van der Waals surface area contributed by atoms with Crippen LogP contribution in [0.15, 0.2) is 48.7 Å². The largest absolute Gasteiger partial charge is 0.319 e. The van der Waals surface area contributed by atoms with E-state index in [1.165, 1.54) is 0 Å². The number of carbonyl (C=O) groups is 1. The number of anilines is 1. The van der Waals surface area contributed by atoms with E-state index in [2.05, 4.69) is 20.5 Å². The third kappa shape index (κ3) is 2.99. The average molecular weight is 313 g/mol. The summed E-state index contributed by atoms with van der Waals surface area (Å²) >= 11 is 6.11. The normalized spacial score (nSPS) is 10.5. The Kier molecular flexibility index (Phi) is 3.89. The van der Waals surface area contributed by atoms with E-state index in [1.54, 1.807) is 24.4 Å². The molecule has 2 heterocycles. The van der Waals surface area contributed by atoms with E-state index in [0.29, 0.717) is 27.8 Å². The van der Waals surface area contributed by atoms with Gasteiger partial charge in [0.1, 0.15) is 11.4 Å². The fraction of sp³-hybridized carbons (Fsp3) is 0.0625. The number of H-pyrrole nitrogens is 1. The first-order chi connectivity index (χ1) is 10.6. The summed E-state index contributed by atoms with van der Waals surface area (Å²) in [6.45, 7) is 1.94. The fourth-order valence-corrected chi connectivity index (χ4v) is 2.28. The Balaban J connectivity index is 1.80. The van der Waals surface area contributed by atoms with E-state index >= 15 is 0 Å². The van der Waals surface area contributed by atoms with Gasteiger partial charge in [-0.05, 0) is 42.8 Å². The number of hydrogen-bond acceptors (Lipinski definition) is 3. The summed E-state index contributed by atoms with van der Waals surface area (Å²) in [5.74, 6) is -0.305. The van der Waals surface area contributed by atoms with Gasteiger partial charge in [0, 0.05) is 6.20 Å². The fourth-order valence-electron chi connectivity index (χ4n) is 1.99. The van der Waals surface area contributed by atoms with Crippen molar-refractivity contribution in [3.05, 3.63) is 64.9 Å². The Labute approximate surface area is 132 Å². The SMILES string of the molecule is Cc1ccc(NC(=O)c2cc(-c3ccccn3)n[nH]2)c(Cl)c1. The molecule has 5 nitrogen and oxygen atoms in total. The summed E-state index contributed by atoms with van der Waals surface area (Å²) in [6.07, 6.45) is 1.68. The molecule has 22 heavy (non-hydrogen) atoms. The Morgan fingerprint density at radius 2 is 2.05 bits per heavy atom. The molecule has 1 aromatic carbocycles. The Bertz CT molecular complexity index is 814. The smallest absolute Gasteiger partial charge is 0.273 e. The van der Waals surface area contributed by atoms with Crippen LogP contribution in [0.3, 0.4) is 0 Å². The molecule has 2 aromatic heterocycles. The van der Waals surface area contributed by atoms with Gasteiger partial charge in [0.15, 0.2) is 0 Å². The van der Waals surface area contributed by atoms with Crippen molar-refractivity contribution in [2.75, 3.05) is 5.32 Å². The first kappa shape index (κ1) is 14.3. The molecule has 3 aromatic rings. The van der Waals surface area contributed by atoms with E-state index in [-0.39, 0.29) is 5.91 Å². The predicted octanol–water partition coefficient (Wildman–Crippen LogP) is 3.69. The van der Waals surface area contributed by atoms with Crippen LogP contribution >= 0.6 is 11.6 Å². The summed E-state index contributed by atoms with van der Waals surface area (Å²) < 4.78 is 0. The summed E-state index contributed by atoms with van der Waals surface area (Å²) in [4.78, 5) is 16.4. The number of aryl methyl sites for hydroxylation is 1. The third-order valence-electron chi connectivity index (χ3n) is 3.12. The highest BCUT2D eigenvalue weighted by Crippen LogP contribution is 2.23. The lowest BCUT2D eigenvalue weighted by Crippen LogP contribution is -2.12. The molecule has 0 spiro atoms. The van der Waals surface area contributed by atoms with E-state index in [9.17, 15) is 4.79 Å².